The average Bonchev–Trinajstić information content (AvgIpc) is 2.38. The number of halogens is 1. The molecule has 1 heterocycles. The third-order valence-electron chi connectivity index (χ3n) is 2.69. The number of hydrogen-bond acceptors (Lipinski definition) is 4. The van der Waals surface area contributed by atoms with Gasteiger partial charge in [-0.2, -0.15) is 0 Å². The van der Waals surface area contributed by atoms with Crippen LogP contribution in [0.1, 0.15) is 24.3 Å². The average molecular weight is 281 g/mol. The molecule has 5 nitrogen and oxygen atoms in total. The first-order chi connectivity index (χ1) is 9.08. The summed E-state index contributed by atoms with van der Waals surface area (Å²) in [6.45, 7) is 4.11. The molecule has 0 saturated carbocycles. The monoisotopic (exact) mass is 280 g/mol. The van der Waals surface area contributed by atoms with Gasteiger partial charge in [-0.25, -0.2) is 9.78 Å². The molecule has 0 aliphatic heterocycles. The van der Waals surface area contributed by atoms with Crippen molar-refractivity contribution in [2.45, 2.75) is 20.4 Å². The number of benzene rings is 1. The highest BCUT2D eigenvalue weighted by Gasteiger charge is 2.18. The van der Waals surface area contributed by atoms with E-state index in [9.17, 15) is 9.59 Å². The minimum Gasteiger partial charge on any atom is -0.461 e. The van der Waals surface area contributed by atoms with Crippen LogP contribution in [0.25, 0.3) is 11.0 Å². The Balaban J connectivity index is 2.75. The van der Waals surface area contributed by atoms with Crippen molar-refractivity contribution in [3.63, 3.8) is 0 Å². The number of hydrogen-bond donors (Lipinski definition) is 0. The fourth-order valence-corrected chi connectivity index (χ4v) is 2.03. The summed E-state index contributed by atoms with van der Waals surface area (Å²) in [5, 5.41) is 0.514. The first kappa shape index (κ1) is 13.5. The van der Waals surface area contributed by atoms with Gasteiger partial charge in [0.1, 0.15) is 0 Å². The topological polar surface area (TPSA) is 61.2 Å². The highest BCUT2D eigenvalue weighted by Crippen LogP contribution is 2.17. The summed E-state index contributed by atoms with van der Waals surface area (Å²) in [6.07, 6.45) is 0. The van der Waals surface area contributed by atoms with Gasteiger partial charge in [0.25, 0.3) is 5.56 Å². The van der Waals surface area contributed by atoms with Gasteiger partial charge < -0.3 is 9.30 Å². The number of aromatic nitrogens is 2. The van der Waals surface area contributed by atoms with Crippen molar-refractivity contribution in [3.8, 4) is 0 Å². The van der Waals surface area contributed by atoms with Gasteiger partial charge in [0, 0.05) is 11.6 Å². The third-order valence-corrected chi connectivity index (χ3v) is 2.93. The Morgan fingerprint density at radius 1 is 1.42 bits per heavy atom. The van der Waals surface area contributed by atoms with E-state index in [1.54, 1.807) is 25.1 Å². The Morgan fingerprint density at radius 2 is 2.16 bits per heavy atom. The number of carbonyl (C=O) groups is 1. The quantitative estimate of drug-likeness (QED) is 0.809. The Morgan fingerprint density at radius 3 is 2.79 bits per heavy atom. The van der Waals surface area contributed by atoms with Gasteiger partial charge in [-0.3, -0.25) is 4.79 Å². The number of esters is 1. The first-order valence-electron chi connectivity index (χ1n) is 5.95. The van der Waals surface area contributed by atoms with Gasteiger partial charge in [0.2, 0.25) is 5.69 Å². The van der Waals surface area contributed by atoms with E-state index in [1.165, 1.54) is 4.57 Å². The van der Waals surface area contributed by atoms with Gasteiger partial charge in [0.15, 0.2) is 0 Å². The summed E-state index contributed by atoms with van der Waals surface area (Å²) in [7, 11) is 0. The van der Waals surface area contributed by atoms with Crippen LogP contribution in [0.3, 0.4) is 0 Å². The van der Waals surface area contributed by atoms with E-state index in [1.807, 2.05) is 6.92 Å². The van der Waals surface area contributed by atoms with Crippen molar-refractivity contribution < 1.29 is 9.53 Å². The zero-order valence-corrected chi connectivity index (χ0v) is 11.4. The largest absolute Gasteiger partial charge is 0.461 e. The van der Waals surface area contributed by atoms with Crippen LogP contribution in [0, 0.1) is 0 Å². The lowest BCUT2D eigenvalue weighted by atomic mass is 10.2. The Kier molecular flexibility index (Phi) is 3.85. The SMILES string of the molecule is CCOC(=O)c1nc2ccc(Cl)cc2n(CC)c1=O. The maximum Gasteiger partial charge on any atom is 0.362 e. The number of fused-ring (bicyclic) bond motifs is 1. The van der Waals surface area contributed by atoms with Crippen molar-refractivity contribution in [1.82, 2.24) is 9.55 Å². The second-order valence-corrected chi connectivity index (χ2v) is 4.30. The van der Waals surface area contributed by atoms with E-state index in [-0.39, 0.29) is 12.3 Å². The van der Waals surface area contributed by atoms with Gasteiger partial charge in [0.05, 0.1) is 17.6 Å². The Hall–Kier alpha value is -1.88. The second kappa shape index (κ2) is 5.40. The van der Waals surface area contributed by atoms with Crippen molar-refractivity contribution in [2.75, 3.05) is 6.61 Å². The third kappa shape index (κ3) is 2.46. The first-order valence-corrected chi connectivity index (χ1v) is 6.33. The van der Waals surface area contributed by atoms with Gasteiger partial charge in [-0.05, 0) is 32.0 Å². The Bertz CT molecular complexity index is 694. The molecule has 0 N–H and O–H groups in total. The fraction of sp³-hybridized carbons (Fsp3) is 0.308. The number of ether oxygens (including phenoxy) is 1. The standard InChI is InChI=1S/C13H13ClN2O3/c1-3-16-10-7-8(14)5-6-9(10)15-11(12(16)17)13(18)19-4-2/h5-7H,3-4H2,1-2H3. The van der Waals surface area contributed by atoms with Crippen LogP contribution in [0.15, 0.2) is 23.0 Å². The zero-order valence-electron chi connectivity index (χ0n) is 10.6. The van der Waals surface area contributed by atoms with Gasteiger partial charge in [-0.15, -0.1) is 0 Å². The highest BCUT2D eigenvalue weighted by atomic mass is 35.5. The molecule has 0 amide bonds. The van der Waals surface area contributed by atoms with Gasteiger partial charge in [-0.1, -0.05) is 11.6 Å². The van der Waals surface area contributed by atoms with Crippen LogP contribution >= 0.6 is 11.6 Å². The van der Waals surface area contributed by atoms with Crippen molar-refractivity contribution in [3.05, 3.63) is 39.3 Å². The normalized spacial score (nSPS) is 10.7. The lowest BCUT2D eigenvalue weighted by molar-refractivity contribution is 0.0517. The molecule has 0 fully saturated rings. The van der Waals surface area contributed by atoms with E-state index in [2.05, 4.69) is 4.98 Å². The smallest absolute Gasteiger partial charge is 0.362 e. The van der Waals surface area contributed by atoms with Crippen LogP contribution in [0.5, 0.6) is 0 Å². The molecule has 0 radical (unpaired) electrons. The summed E-state index contributed by atoms with van der Waals surface area (Å²) >= 11 is 5.92. The van der Waals surface area contributed by atoms with Crippen LogP contribution in [0.4, 0.5) is 0 Å². The molecular weight excluding hydrogens is 268 g/mol. The summed E-state index contributed by atoms with van der Waals surface area (Å²) in [5.41, 5.74) is 0.483. The van der Waals surface area contributed by atoms with E-state index in [4.69, 9.17) is 16.3 Å². The molecule has 2 aromatic rings. The maximum atomic E-state index is 12.2. The molecule has 0 spiro atoms. The molecule has 0 atom stereocenters. The molecule has 6 heteroatoms. The molecule has 0 unspecified atom stereocenters. The molecule has 1 aromatic heterocycles. The van der Waals surface area contributed by atoms with Crippen molar-refractivity contribution in [2.24, 2.45) is 0 Å². The number of carbonyl (C=O) groups excluding carboxylic acids is 1. The van der Waals surface area contributed by atoms with E-state index < -0.39 is 11.5 Å². The predicted molar refractivity (Wildman–Crippen MR) is 72.6 cm³/mol. The number of aryl methyl sites for hydroxylation is 1. The van der Waals surface area contributed by atoms with E-state index in [0.717, 1.165) is 0 Å². The summed E-state index contributed by atoms with van der Waals surface area (Å²) in [6, 6.07) is 4.99. The molecule has 100 valence electrons. The Labute approximate surface area is 114 Å². The lowest BCUT2D eigenvalue weighted by Gasteiger charge is -2.10. The van der Waals surface area contributed by atoms with Crippen molar-refractivity contribution in [1.29, 1.82) is 0 Å². The second-order valence-electron chi connectivity index (χ2n) is 3.86. The minimum atomic E-state index is -0.702. The molecular formula is C13H13ClN2O3. The van der Waals surface area contributed by atoms with Crippen LogP contribution in [-0.2, 0) is 11.3 Å². The summed E-state index contributed by atoms with van der Waals surface area (Å²) < 4.78 is 6.30. The fourth-order valence-electron chi connectivity index (χ4n) is 1.86. The number of rotatable bonds is 3. The molecule has 2 rings (SSSR count). The zero-order chi connectivity index (χ0) is 14.0. The van der Waals surface area contributed by atoms with Crippen molar-refractivity contribution >= 4 is 28.6 Å². The number of nitrogens with zero attached hydrogens (tertiary/aromatic N) is 2. The summed E-state index contributed by atoms with van der Waals surface area (Å²) in [4.78, 5) is 28.0. The minimum absolute atomic E-state index is 0.196. The molecule has 0 saturated heterocycles. The highest BCUT2D eigenvalue weighted by molar-refractivity contribution is 6.31. The van der Waals surface area contributed by atoms with Crippen LogP contribution in [-0.4, -0.2) is 22.1 Å². The van der Waals surface area contributed by atoms with E-state index in [0.29, 0.717) is 22.6 Å². The maximum absolute atomic E-state index is 12.2. The van der Waals surface area contributed by atoms with E-state index >= 15 is 0 Å². The predicted octanol–water partition coefficient (Wildman–Crippen LogP) is 2.25. The van der Waals surface area contributed by atoms with Gasteiger partial charge >= 0.3 is 5.97 Å². The molecule has 0 aliphatic rings. The molecule has 19 heavy (non-hydrogen) atoms. The molecule has 0 bridgehead atoms. The lowest BCUT2D eigenvalue weighted by Crippen LogP contribution is -2.29. The molecule has 1 aromatic carbocycles. The van der Waals surface area contributed by atoms with Crippen LogP contribution in [0.2, 0.25) is 5.02 Å². The molecule has 0 aliphatic carbocycles. The van der Waals surface area contributed by atoms with Crippen LogP contribution < -0.4 is 5.56 Å². The summed E-state index contributed by atoms with van der Waals surface area (Å²) in [5.74, 6) is -0.702.